The van der Waals surface area contributed by atoms with Crippen molar-refractivity contribution in [2.45, 2.75) is 6.92 Å². The van der Waals surface area contributed by atoms with Crippen LogP contribution in [0.1, 0.15) is 5.69 Å². The number of nitrogens with zero attached hydrogens (tertiary/aromatic N) is 2. The van der Waals surface area contributed by atoms with Crippen LogP contribution in [0.4, 0.5) is 5.00 Å². The monoisotopic (exact) mass is 225 g/mol. The number of thiazole rings is 1. The molecule has 0 radical (unpaired) electrons. The molecule has 5 heteroatoms. The lowest BCUT2D eigenvalue weighted by molar-refractivity contribution is 1.25. The van der Waals surface area contributed by atoms with Gasteiger partial charge in [-0.3, -0.25) is 4.98 Å². The Balaban J connectivity index is 2.55. The van der Waals surface area contributed by atoms with Crippen LogP contribution in [0.3, 0.4) is 0 Å². The number of rotatable bonds is 1. The number of nitrogen functional groups attached to an aromatic ring is 1. The van der Waals surface area contributed by atoms with E-state index in [9.17, 15) is 0 Å². The van der Waals surface area contributed by atoms with Crippen molar-refractivity contribution in [3.8, 4) is 10.6 Å². The van der Waals surface area contributed by atoms with Crippen molar-refractivity contribution in [2.24, 2.45) is 0 Å². The van der Waals surface area contributed by atoms with Gasteiger partial charge in [0.15, 0.2) is 0 Å². The number of aryl methyl sites for hydroxylation is 1. The van der Waals surface area contributed by atoms with E-state index in [2.05, 4.69) is 9.97 Å². The highest BCUT2D eigenvalue weighted by Crippen LogP contribution is 2.33. The van der Waals surface area contributed by atoms with Gasteiger partial charge >= 0.3 is 0 Å². The van der Waals surface area contributed by atoms with Gasteiger partial charge in [-0.15, -0.1) is 0 Å². The van der Waals surface area contributed by atoms with Crippen LogP contribution in [-0.4, -0.2) is 9.97 Å². The van der Waals surface area contributed by atoms with Crippen LogP contribution in [0.2, 0.25) is 5.02 Å². The summed E-state index contributed by atoms with van der Waals surface area (Å²) in [4.78, 5) is 8.31. The minimum Gasteiger partial charge on any atom is -0.389 e. The summed E-state index contributed by atoms with van der Waals surface area (Å²) >= 11 is 7.43. The van der Waals surface area contributed by atoms with Crippen molar-refractivity contribution in [1.82, 2.24) is 9.97 Å². The molecule has 0 saturated carbocycles. The van der Waals surface area contributed by atoms with Crippen LogP contribution in [0.15, 0.2) is 18.5 Å². The van der Waals surface area contributed by atoms with Gasteiger partial charge in [0, 0.05) is 18.0 Å². The van der Waals surface area contributed by atoms with Crippen LogP contribution >= 0.6 is 22.9 Å². The second-order valence-corrected chi connectivity index (χ2v) is 4.26. The highest BCUT2D eigenvalue weighted by Gasteiger charge is 2.09. The van der Waals surface area contributed by atoms with Gasteiger partial charge in [0.25, 0.3) is 0 Å². The van der Waals surface area contributed by atoms with Crippen LogP contribution in [0.25, 0.3) is 10.6 Å². The number of hydrogen-bond donors (Lipinski definition) is 1. The number of nitrogens with two attached hydrogens (primary N) is 1. The molecule has 2 aromatic rings. The third kappa shape index (κ3) is 1.58. The molecule has 0 aromatic carbocycles. The molecule has 2 heterocycles. The van der Waals surface area contributed by atoms with E-state index in [4.69, 9.17) is 17.3 Å². The molecule has 0 unspecified atom stereocenters. The standard InChI is InChI=1S/C9H8ClN3S/c1-5-8(11)14-9(13-5)6-4-12-3-2-7(6)10/h2-4H,11H2,1H3. The number of pyridine rings is 1. The third-order valence-corrected chi connectivity index (χ3v) is 3.18. The molecular formula is C9H8ClN3S. The molecule has 0 bridgehead atoms. The van der Waals surface area contributed by atoms with E-state index in [0.29, 0.717) is 5.02 Å². The first-order chi connectivity index (χ1) is 6.68. The molecule has 2 N–H and O–H groups in total. The van der Waals surface area contributed by atoms with E-state index in [1.165, 1.54) is 11.3 Å². The third-order valence-electron chi connectivity index (χ3n) is 1.83. The lowest BCUT2D eigenvalue weighted by Gasteiger charge is -1.96. The molecule has 0 atom stereocenters. The van der Waals surface area contributed by atoms with Gasteiger partial charge in [-0.2, -0.15) is 0 Å². The molecule has 72 valence electrons. The molecule has 3 nitrogen and oxygen atoms in total. The van der Waals surface area contributed by atoms with Gasteiger partial charge < -0.3 is 5.73 Å². The van der Waals surface area contributed by atoms with Crippen LogP contribution in [0, 0.1) is 6.92 Å². The highest BCUT2D eigenvalue weighted by molar-refractivity contribution is 7.19. The Morgan fingerprint density at radius 1 is 1.50 bits per heavy atom. The molecule has 0 aliphatic carbocycles. The van der Waals surface area contributed by atoms with Gasteiger partial charge in [0.1, 0.15) is 10.0 Å². The van der Waals surface area contributed by atoms with Gasteiger partial charge in [0.2, 0.25) is 0 Å². The number of halogens is 1. The Kier molecular flexibility index (Phi) is 2.39. The molecule has 14 heavy (non-hydrogen) atoms. The van der Waals surface area contributed by atoms with Crippen LogP contribution in [-0.2, 0) is 0 Å². The Hall–Kier alpha value is -1.13. The summed E-state index contributed by atoms with van der Waals surface area (Å²) in [7, 11) is 0. The Morgan fingerprint density at radius 2 is 2.29 bits per heavy atom. The van der Waals surface area contributed by atoms with E-state index >= 15 is 0 Å². The minimum atomic E-state index is 0.647. The maximum absolute atomic E-state index is 6.01. The quantitative estimate of drug-likeness (QED) is 0.812. The summed E-state index contributed by atoms with van der Waals surface area (Å²) in [5, 5.41) is 2.19. The lowest BCUT2D eigenvalue weighted by atomic mass is 10.3. The fourth-order valence-corrected chi connectivity index (χ4v) is 2.17. The van der Waals surface area contributed by atoms with Crippen molar-refractivity contribution in [3.05, 3.63) is 29.2 Å². The molecule has 0 amide bonds. The van der Waals surface area contributed by atoms with E-state index < -0.39 is 0 Å². The fraction of sp³-hybridized carbons (Fsp3) is 0.111. The smallest absolute Gasteiger partial charge is 0.128 e. The predicted octanol–water partition coefficient (Wildman–Crippen LogP) is 2.75. The Labute approximate surface area is 90.6 Å². The van der Waals surface area contributed by atoms with Crippen molar-refractivity contribution >= 4 is 27.9 Å². The molecular weight excluding hydrogens is 218 g/mol. The topological polar surface area (TPSA) is 51.8 Å². The number of aromatic nitrogens is 2. The molecule has 0 aliphatic rings. The van der Waals surface area contributed by atoms with Crippen LogP contribution in [0.5, 0.6) is 0 Å². The van der Waals surface area contributed by atoms with Crippen LogP contribution < -0.4 is 5.73 Å². The van der Waals surface area contributed by atoms with E-state index in [-0.39, 0.29) is 0 Å². The molecule has 0 aliphatic heterocycles. The fourth-order valence-electron chi connectivity index (χ4n) is 1.06. The van der Waals surface area contributed by atoms with E-state index in [1.807, 2.05) is 6.92 Å². The summed E-state index contributed by atoms with van der Waals surface area (Å²) in [6, 6.07) is 1.74. The normalized spacial score (nSPS) is 10.4. The van der Waals surface area contributed by atoms with E-state index in [1.54, 1.807) is 18.5 Å². The first-order valence-corrected chi connectivity index (χ1v) is 5.20. The maximum atomic E-state index is 6.01. The van der Waals surface area contributed by atoms with Crippen molar-refractivity contribution in [3.63, 3.8) is 0 Å². The summed E-state index contributed by atoms with van der Waals surface area (Å²) < 4.78 is 0. The number of anilines is 1. The highest BCUT2D eigenvalue weighted by atomic mass is 35.5. The zero-order valence-corrected chi connectivity index (χ0v) is 9.06. The summed E-state index contributed by atoms with van der Waals surface area (Å²) in [5.41, 5.74) is 7.39. The summed E-state index contributed by atoms with van der Waals surface area (Å²) in [6.45, 7) is 1.87. The second kappa shape index (κ2) is 3.55. The SMILES string of the molecule is Cc1nc(-c2cnccc2Cl)sc1N. The average Bonchev–Trinajstić information content (AvgIpc) is 2.48. The molecule has 0 saturated heterocycles. The first-order valence-electron chi connectivity index (χ1n) is 4.01. The largest absolute Gasteiger partial charge is 0.389 e. The summed E-state index contributed by atoms with van der Waals surface area (Å²) in [6.07, 6.45) is 3.34. The minimum absolute atomic E-state index is 0.647. The predicted molar refractivity (Wildman–Crippen MR) is 59.5 cm³/mol. The zero-order valence-electron chi connectivity index (χ0n) is 7.49. The molecule has 2 rings (SSSR count). The van der Waals surface area contributed by atoms with Gasteiger partial charge in [0.05, 0.1) is 10.7 Å². The van der Waals surface area contributed by atoms with Crippen molar-refractivity contribution in [2.75, 3.05) is 5.73 Å². The number of hydrogen-bond acceptors (Lipinski definition) is 4. The molecule has 0 fully saturated rings. The Morgan fingerprint density at radius 3 is 2.86 bits per heavy atom. The average molecular weight is 226 g/mol. The first kappa shape index (κ1) is 9.43. The van der Waals surface area contributed by atoms with Crippen molar-refractivity contribution in [1.29, 1.82) is 0 Å². The van der Waals surface area contributed by atoms with Gasteiger partial charge in [-0.25, -0.2) is 4.98 Å². The van der Waals surface area contributed by atoms with E-state index in [0.717, 1.165) is 21.3 Å². The molecule has 2 aromatic heterocycles. The lowest BCUT2D eigenvalue weighted by Crippen LogP contribution is -1.82. The molecule has 0 spiro atoms. The zero-order chi connectivity index (χ0) is 10.1. The second-order valence-electron chi connectivity index (χ2n) is 2.82. The maximum Gasteiger partial charge on any atom is 0.128 e. The van der Waals surface area contributed by atoms with Gasteiger partial charge in [-0.05, 0) is 13.0 Å². The summed E-state index contributed by atoms with van der Waals surface area (Å²) in [5.74, 6) is 0. The van der Waals surface area contributed by atoms with Crippen molar-refractivity contribution < 1.29 is 0 Å². The Bertz CT molecular complexity index is 447. The van der Waals surface area contributed by atoms with Gasteiger partial charge in [-0.1, -0.05) is 22.9 Å².